The average Bonchev–Trinajstić information content (AvgIpc) is 3.04. The number of imidazole rings is 1. The molecule has 1 aliphatic heterocycles. The number of benzene rings is 1. The highest BCUT2D eigenvalue weighted by molar-refractivity contribution is 5.95. The van der Waals surface area contributed by atoms with Crippen molar-refractivity contribution >= 4 is 40.3 Å². The number of rotatable bonds is 2. The zero-order chi connectivity index (χ0) is 22.3. The number of ether oxygens (including phenoxy) is 1. The normalized spacial score (nSPS) is 16.5. The third-order valence-electron chi connectivity index (χ3n) is 5.11. The Labute approximate surface area is 179 Å². The molecule has 2 aromatic heterocycles. The van der Waals surface area contributed by atoms with Gasteiger partial charge in [0.25, 0.3) is 5.91 Å². The van der Waals surface area contributed by atoms with Crippen molar-refractivity contribution in [1.82, 2.24) is 19.7 Å². The van der Waals surface area contributed by atoms with E-state index in [1.807, 2.05) is 19.1 Å². The molecule has 11 heteroatoms. The lowest BCUT2D eigenvalue weighted by molar-refractivity contribution is 0.0815. The van der Waals surface area contributed by atoms with Crippen molar-refractivity contribution in [3.8, 4) is 0 Å². The Bertz CT molecular complexity index is 1160. The molecule has 31 heavy (non-hydrogen) atoms. The molecule has 0 radical (unpaired) electrons. The van der Waals surface area contributed by atoms with Gasteiger partial charge >= 0.3 is 0 Å². The number of anilines is 5. The number of aryl methyl sites for hydroxylation is 1. The van der Waals surface area contributed by atoms with Crippen molar-refractivity contribution < 1.29 is 9.53 Å². The molecule has 1 amide bonds. The maximum atomic E-state index is 13.0. The number of nitrogen functional groups attached to an aromatic ring is 1. The number of hydrogen-bond acceptors (Lipinski definition) is 9. The first-order valence-corrected chi connectivity index (χ1v) is 9.92. The molecule has 0 saturated heterocycles. The van der Waals surface area contributed by atoms with E-state index < -0.39 is 0 Å². The molecule has 0 fully saturated rings. The van der Waals surface area contributed by atoms with Crippen LogP contribution in [0, 0.1) is 6.92 Å². The van der Waals surface area contributed by atoms with Crippen LogP contribution in [0.25, 0.3) is 5.65 Å². The summed E-state index contributed by atoms with van der Waals surface area (Å²) >= 11 is 0. The summed E-state index contributed by atoms with van der Waals surface area (Å²) < 4.78 is 7.56. The largest absolute Gasteiger partial charge is 0.395 e. The van der Waals surface area contributed by atoms with Crippen molar-refractivity contribution in [2.45, 2.75) is 26.5 Å². The highest BCUT2D eigenvalue weighted by Gasteiger charge is 2.22. The lowest BCUT2D eigenvalue weighted by Crippen LogP contribution is -2.36. The van der Waals surface area contributed by atoms with E-state index in [0.717, 1.165) is 5.56 Å². The first kappa shape index (κ1) is 20.7. The molecule has 7 N–H and O–H groups in total. The minimum atomic E-state index is -0.234. The fraction of sp³-hybridized carbons (Fsp3) is 0.350. The number of hydrazine groups is 1. The lowest BCUT2D eigenvalue weighted by atomic mass is 10.1. The Morgan fingerprint density at radius 2 is 2.13 bits per heavy atom. The number of aromatic nitrogens is 3. The van der Waals surface area contributed by atoms with Crippen LogP contribution in [-0.4, -0.2) is 47.0 Å². The van der Waals surface area contributed by atoms with Gasteiger partial charge in [-0.25, -0.2) is 15.8 Å². The second-order valence-electron chi connectivity index (χ2n) is 7.67. The van der Waals surface area contributed by atoms with Crippen LogP contribution in [0.15, 0.2) is 18.3 Å². The molecule has 11 nitrogen and oxygen atoms in total. The molecular weight excluding hydrogens is 398 g/mol. The lowest BCUT2D eigenvalue weighted by Gasteiger charge is -2.21. The van der Waals surface area contributed by atoms with E-state index in [4.69, 9.17) is 16.3 Å². The topological polar surface area (TPSA) is 148 Å². The van der Waals surface area contributed by atoms with Gasteiger partial charge in [-0.2, -0.15) is 0 Å². The van der Waals surface area contributed by atoms with E-state index in [2.05, 4.69) is 25.9 Å². The molecule has 0 spiro atoms. The van der Waals surface area contributed by atoms with Crippen molar-refractivity contribution in [3.63, 3.8) is 0 Å². The fourth-order valence-corrected chi connectivity index (χ4v) is 3.66. The molecule has 4 rings (SSSR count). The van der Waals surface area contributed by atoms with Crippen molar-refractivity contribution in [3.05, 3.63) is 35.3 Å². The Balaban J connectivity index is 1.94. The van der Waals surface area contributed by atoms with Crippen LogP contribution in [0.5, 0.6) is 0 Å². The minimum Gasteiger partial charge on any atom is -0.395 e. The summed E-state index contributed by atoms with van der Waals surface area (Å²) in [5, 5.41) is 10.7. The fourth-order valence-electron chi connectivity index (χ4n) is 3.66. The van der Waals surface area contributed by atoms with Gasteiger partial charge in [-0.05, 0) is 31.5 Å². The molecule has 1 aliphatic rings. The van der Waals surface area contributed by atoms with E-state index in [9.17, 15) is 4.79 Å². The number of nitrogens with one attached hydrogen (secondary N) is 3. The van der Waals surface area contributed by atoms with Crippen molar-refractivity contribution in [2.24, 2.45) is 5.84 Å². The quantitative estimate of drug-likeness (QED) is 0.233. The monoisotopic (exact) mass is 425 g/mol. The van der Waals surface area contributed by atoms with Gasteiger partial charge in [0.1, 0.15) is 11.5 Å². The zero-order valence-corrected chi connectivity index (χ0v) is 18.0. The van der Waals surface area contributed by atoms with E-state index in [1.165, 1.54) is 5.01 Å². The van der Waals surface area contributed by atoms with Gasteiger partial charge in [0.15, 0.2) is 11.5 Å². The third kappa shape index (κ3) is 3.80. The van der Waals surface area contributed by atoms with E-state index in [1.54, 1.807) is 31.6 Å². The molecule has 3 aromatic rings. The zero-order valence-electron chi connectivity index (χ0n) is 18.0. The summed E-state index contributed by atoms with van der Waals surface area (Å²) in [7, 11) is 3.48. The highest BCUT2D eigenvalue weighted by Crippen LogP contribution is 2.34. The van der Waals surface area contributed by atoms with Crippen LogP contribution in [-0.2, 0) is 11.3 Å². The SMILES string of the molecule is CNc1nc2cn3c(c(C)nc13)C(=O)NC(C)COCc1cc(c(N)c(N(C)N)c1)N2. The summed E-state index contributed by atoms with van der Waals surface area (Å²) in [5.74, 6) is 6.77. The molecule has 1 atom stereocenters. The number of nitrogens with two attached hydrogens (primary N) is 2. The van der Waals surface area contributed by atoms with Gasteiger partial charge < -0.3 is 31.4 Å². The molecular formula is C20H27N9O2. The average molecular weight is 425 g/mol. The van der Waals surface area contributed by atoms with Gasteiger partial charge in [0.05, 0.1) is 42.2 Å². The number of amides is 1. The Morgan fingerprint density at radius 3 is 2.84 bits per heavy atom. The van der Waals surface area contributed by atoms with Crippen molar-refractivity contribution in [1.29, 1.82) is 0 Å². The maximum Gasteiger partial charge on any atom is 0.270 e. The predicted molar refractivity (Wildman–Crippen MR) is 121 cm³/mol. The second kappa shape index (κ2) is 7.93. The van der Waals surface area contributed by atoms with E-state index >= 15 is 0 Å². The summed E-state index contributed by atoms with van der Waals surface area (Å²) in [4.78, 5) is 22.2. The molecule has 0 saturated carbocycles. The summed E-state index contributed by atoms with van der Waals surface area (Å²) in [6.45, 7) is 4.37. The highest BCUT2D eigenvalue weighted by atomic mass is 16.5. The molecule has 4 bridgehead atoms. The summed E-state index contributed by atoms with van der Waals surface area (Å²) in [6.07, 6.45) is 1.73. The summed E-state index contributed by atoms with van der Waals surface area (Å²) in [6, 6.07) is 3.58. The number of carbonyl (C=O) groups excluding carboxylic acids is 1. The van der Waals surface area contributed by atoms with Crippen LogP contribution in [0.1, 0.15) is 28.7 Å². The number of carbonyl (C=O) groups is 1. The number of fused-ring (bicyclic) bond motifs is 3. The van der Waals surface area contributed by atoms with E-state index in [0.29, 0.717) is 58.9 Å². The van der Waals surface area contributed by atoms with Gasteiger partial charge in [-0.1, -0.05) is 0 Å². The number of nitrogens with zero attached hydrogens (tertiary/aromatic N) is 4. The van der Waals surface area contributed by atoms with Gasteiger partial charge in [0, 0.05) is 20.1 Å². The van der Waals surface area contributed by atoms with Crippen LogP contribution in [0.3, 0.4) is 0 Å². The minimum absolute atomic E-state index is 0.200. The Morgan fingerprint density at radius 1 is 1.35 bits per heavy atom. The first-order chi connectivity index (χ1) is 14.8. The van der Waals surface area contributed by atoms with Crippen LogP contribution < -0.4 is 32.5 Å². The first-order valence-electron chi connectivity index (χ1n) is 9.92. The smallest absolute Gasteiger partial charge is 0.270 e. The number of hydrogen-bond donors (Lipinski definition) is 5. The van der Waals surface area contributed by atoms with Gasteiger partial charge in [0.2, 0.25) is 0 Å². The van der Waals surface area contributed by atoms with Gasteiger partial charge in [-0.3, -0.25) is 9.20 Å². The van der Waals surface area contributed by atoms with Crippen LogP contribution in [0.4, 0.5) is 28.7 Å². The molecule has 1 unspecified atom stereocenters. The second-order valence-corrected chi connectivity index (χ2v) is 7.67. The molecule has 1 aromatic carbocycles. The van der Waals surface area contributed by atoms with Gasteiger partial charge in [-0.15, -0.1) is 0 Å². The van der Waals surface area contributed by atoms with Crippen LogP contribution >= 0.6 is 0 Å². The Hall–Kier alpha value is -3.57. The molecule has 164 valence electrons. The van der Waals surface area contributed by atoms with Crippen LogP contribution in [0.2, 0.25) is 0 Å². The molecule has 3 heterocycles. The van der Waals surface area contributed by atoms with Crippen molar-refractivity contribution in [2.75, 3.05) is 42.1 Å². The maximum absolute atomic E-state index is 13.0. The van der Waals surface area contributed by atoms with E-state index in [-0.39, 0.29) is 11.9 Å². The summed E-state index contributed by atoms with van der Waals surface area (Å²) in [5.41, 5.74) is 10.6. The predicted octanol–water partition coefficient (Wildman–Crippen LogP) is 1.36. The third-order valence-corrected chi connectivity index (χ3v) is 5.11. The molecule has 0 aliphatic carbocycles. The standard InChI is InChI=1S/C20H27N9O2/c1-10-8-31-9-12-5-13(16(21)14(6-12)28(4)22)26-15-7-29-17(20(30)24-10)11(2)25-19(29)18(23-3)27-15/h5-7,10,26H,8-9,21-22H2,1-4H3,(H,23,27)(H,24,30). The Kier molecular flexibility index (Phi) is 5.29.